The van der Waals surface area contributed by atoms with E-state index in [1.165, 1.54) is 29.5 Å². The van der Waals surface area contributed by atoms with E-state index in [4.69, 9.17) is 0 Å². The Labute approximate surface area is 163 Å². The maximum absolute atomic E-state index is 13.3. The molecule has 2 heterocycles. The second-order valence-corrected chi connectivity index (χ2v) is 7.37. The van der Waals surface area contributed by atoms with Crippen LogP contribution >= 0.6 is 11.3 Å². The third kappa shape index (κ3) is 3.67. The van der Waals surface area contributed by atoms with Crippen LogP contribution < -0.4 is 10.9 Å². The number of fused-ring (bicyclic) bond motifs is 1. The predicted octanol–water partition coefficient (Wildman–Crippen LogP) is 3.67. The molecule has 0 aliphatic rings. The molecule has 6 nitrogen and oxygen atoms in total. The molecule has 0 bridgehead atoms. The lowest BCUT2D eigenvalue weighted by atomic mass is 10.1. The van der Waals surface area contributed by atoms with Crippen molar-refractivity contribution in [3.8, 4) is 0 Å². The van der Waals surface area contributed by atoms with Crippen LogP contribution in [0, 0.1) is 12.7 Å². The van der Waals surface area contributed by atoms with Crippen molar-refractivity contribution in [1.29, 1.82) is 0 Å². The number of hydrogen-bond acceptors (Lipinski definition) is 5. The van der Waals surface area contributed by atoms with Crippen molar-refractivity contribution in [1.82, 2.24) is 15.2 Å². The first-order chi connectivity index (χ1) is 13.5. The Hall–Kier alpha value is -3.39. The summed E-state index contributed by atoms with van der Waals surface area (Å²) in [6, 6.07) is 13.0. The fourth-order valence-electron chi connectivity index (χ4n) is 2.98. The molecule has 0 radical (unpaired) electrons. The van der Waals surface area contributed by atoms with Gasteiger partial charge < -0.3 is 4.98 Å². The largest absolute Gasteiger partial charge is 0.322 e. The van der Waals surface area contributed by atoms with Crippen molar-refractivity contribution in [2.24, 2.45) is 0 Å². The van der Waals surface area contributed by atoms with Crippen LogP contribution in [0.4, 0.5) is 9.52 Å². The third-order valence-electron chi connectivity index (χ3n) is 4.26. The summed E-state index contributed by atoms with van der Waals surface area (Å²) < 4.78 is 13.3. The predicted molar refractivity (Wildman–Crippen MR) is 106 cm³/mol. The van der Waals surface area contributed by atoms with Gasteiger partial charge in [-0.2, -0.15) is 0 Å². The number of carbonyl (C=O) groups excluding carboxylic acids is 1. The number of para-hydroxylation sites is 1. The monoisotopic (exact) mass is 394 g/mol. The van der Waals surface area contributed by atoms with Crippen molar-refractivity contribution in [3.05, 3.63) is 86.4 Å². The van der Waals surface area contributed by atoms with Gasteiger partial charge in [-0.15, -0.1) is 10.2 Å². The van der Waals surface area contributed by atoms with Gasteiger partial charge in [0.1, 0.15) is 10.8 Å². The van der Waals surface area contributed by atoms with Crippen LogP contribution in [-0.2, 0) is 6.42 Å². The van der Waals surface area contributed by atoms with Crippen LogP contribution in [0.5, 0.6) is 0 Å². The van der Waals surface area contributed by atoms with Gasteiger partial charge in [0, 0.05) is 17.9 Å². The Bertz CT molecular complexity index is 1250. The number of nitrogens with one attached hydrogen (secondary N) is 2. The summed E-state index contributed by atoms with van der Waals surface area (Å²) in [6.45, 7) is 1.86. The average molecular weight is 394 g/mol. The lowest BCUT2D eigenvalue weighted by Crippen LogP contribution is -2.17. The Morgan fingerprint density at radius 3 is 2.82 bits per heavy atom. The minimum atomic E-state index is -0.435. The van der Waals surface area contributed by atoms with Gasteiger partial charge in [0.05, 0.1) is 11.1 Å². The zero-order valence-electron chi connectivity index (χ0n) is 14.8. The molecule has 1 amide bonds. The lowest BCUT2D eigenvalue weighted by Gasteiger charge is -2.07. The van der Waals surface area contributed by atoms with Crippen LogP contribution in [0.3, 0.4) is 0 Å². The number of pyridine rings is 1. The molecule has 4 aromatic rings. The van der Waals surface area contributed by atoms with Gasteiger partial charge in [-0.05, 0) is 30.2 Å². The summed E-state index contributed by atoms with van der Waals surface area (Å²) in [5.41, 5.74) is 2.19. The second kappa shape index (κ2) is 7.32. The normalized spacial score (nSPS) is 10.9. The van der Waals surface area contributed by atoms with E-state index in [1.54, 1.807) is 18.2 Å². The van der Waals surface area contributed by atoms with E-state index in [2.05, 4.69) is 20.5 Å². The van der Waals surface area contributed by atoms with E-state index >= 15 is 0 Å². The lowest BCUT2D eigenvalue weighted by molar-refractivity contribution is 0.102. The van der Waals surface area contributed by atoms with Crippen LogP contribution in [0.2, 0.25) is 0 Å². The average Bonchev–Trinajstić information content (AvgIpc) is 3.08. The smallest absolute Gasteiger partial charge is 0.258 e. The van der Waals surface area contributed by atoms with Crippen LogP contribution in [-0.4, -0.2) is 21.1 Å². The fraction of sp³-hybridized carbons (Fsp3) is 0.100. The quantitative estimate of drug-likeness (QED) is 0.553. The second-order valence-electron chi connectivity index (χ2n) is 6.31. The summed E-state index contributed by atoms with van der Waals surface area (Å²) in [4.78, 5) is 27.4. The molecule has 2 N–H and O–H groups in total. The van der Waals surface area contributed by atoms with Gasteiger partial charge in [0.15, 0.2) is 0 Å². The highest BCUT2D eigenvalue weighted by molar-refractivity contribution is 7.15. The van der Waals surface area contributed by atoms with Crippen molar-refractivity contribution < 1.29 is 9.18 Å². The van der Waals surface area contributed by atoms with Gasteiger partial charge in [-0.25, -0.2) is 4.39 Å². The molecule has 140 valence electrons. The maximum atomic E-state index is 13.3. The molecule has 2 aromatic heterocycles. The number of anilines is 1. The molecule has 0 saturated carbocycles. The number of H-pyrrole nitrogens is 1. The Kier molecular flexibility index (Phi) is 4.70. The standard InChI is InChI=1S/C20H15FN4O2S/c1-11-4-2-7-14-15(10-16(26)22-18(11)14)19(27)23-20-25-24-17(28-20)9-12-5-3-6-13(21)8-12/h2-8,10H,9H2,1H3,(H,22,26)(H,23,25,27). The summed E-state index contributed by atoms with van der Waals surface area (Å²) in [5, 5.41) is 12.3. The molecule has 0 atom stereocenters. The van der Waals surface area contributed by atoms with Crippen molar-refractivity contribution in [3.63, 3.8) is 0 Å². The molecule has 0 aliphatic carbocycles. The number of halogens is 1. The minimum absolute atomic E-state index is 0.268. The zero-order valence-corrected chi connectivity index (χ0v) is 15.6. The molecular weight excluding hydrogens is 379 g/mol. The topological polar surface area (TPSA) is 87.7 Å². The Balaban J connectivity index is 1.58. The summed E-state index contributed by atoms with van der Waals surface area (Å²) >= 11 is 1.21. The van der Waals surface area contributed by atoms with E-state index in [0.29, 0.717) is 27.5 Å². The molecule has 28 heavy (non-hydrogen) atoms. The van der Waals surface area contributed by atoms with Crippen LogP contribution in [0.1, 0.15) is 26.5 Å². The number of hydrogen-bond donors (Lipinski definition) is 2. The molecule has 0 saturated heterocycles. The van der Waals surface area contributed by atoms with E-state index in [-0.39, 0.29) is 16.9 Å². The van der Waals surface area contributed by atoms with Crippen LogP contribution in [0.15, 0.2) is 53.3 Å². The van der Waals surface area contributed by atoms with E-state index < -0.39 is 5.91 Å². The first-order valence-corrected chi connectivity index (χ1v) is 9.32. The third-order valence-corrected chi connectivity index (χ3v) is 5.10. The molecule has 0 aliphatic heterocycles. The van der Waals surface area contributed by atoms with Crippen molar-refractivity contribution in [2.75, 3.05) is 5.32 Å². The van der Waals surface area contributed by atoms with Gasteiger partial charge in [0.2, 0.25) is 10.7 Å². The molecule has 0 spiro atoms. The van der Waals surface area contributed by atoms with Gasteiger partial charge in [-0.1, -0.05) is 41.7 Å². The number of nitrogens with zero attached hydrogens (tertiary/aromatic N) is 2. The number of aryl methyl sites for hydroxylation is 1. The highest BCUT2D eigenvalue weighted by atomic mass is 32.1. The number of rotatable bonds is 4. The van der Waals surface area contributed by atoms with E-state index in [0.717, 1.165) is 11.1 Å². The highest BCUT2D eigenvalue weighted by Gasteiger charge is 2.15. The highest BCUT2D eigenvalue weighted by Crippen LogP contribution is 2.22. The first kappa shape index (κ1) is 18.0. The summed E-state index contributed by atoms with van der Waals surface area (Å²) in [7, 11) is 0. The fourth-order valence-corrected chi connectivity index (χ4v) is 3.74. The minimum Gasteiger partial charge on any atom is -0.322 e. The molecule has 2 aromatic carbocycles. The van der Waals surface area contributed by atoms with Gasteiger partial charge >= 0.3 is 0 Å². The first-order valence-electron chi connectivity index (χ1n) is 8.50. The molecule has 4 rings (SSSR count). The number of aromatic nitrogens is 3. The summed E-state index contributed by atoms with van der Waals surface area (Å²) in [6.07, 6.45) is 0.415. The van der Waals surface area contributed by atoms with Crippen molar-refractivity contribution in [2.45, 2.75) is 13.3 Å². The van der Waals surface area contributed by atoms with Gasteiger partial charge in [0.25, 0.3) is 5.91 Å². The van der Waals surface area contributed by atoms with Crippen LogP contribution in [0.25, 0.3) is 10.9 Å². The number of amides is 1. The molecular formula is C20H15FN4O2S. The Morgan fingerprint density at radius 2 is 2.00 bits per heavy atom. The number of carbonyl (C=O) groups is 1. The molecule has 0 unspecified atom stereocenters. The zero-order chi connectivity index (χ0) is 19.7. The van der Waals surface area contributed by atoms with Gasteiger partial charge in [-0.3, -0.25) is 14.9 Å². The SMILES string of the molecule is Cc1cccc2c(C(=O)Nc3nnc(Cc4cccc(F)c4)s3)cc(=O)[nH]c12. The molecule has 8 heteroatoms. The summed E-state index contributed by atoms with van der Waals surface area (Å²) in [5.74, 6) is -0.748. The van der Waals surface area contributed by atoms with E-state index in [1.807, 2.05) is 19.1 Å². The van der Waals surface area contributed by atoms with Crippen molar-refractivity contribution >= 4 is 33.3 Å². The maximum Gasteiger partial charge on any atom is 0.258 e. The number of aromatic amines is 1. The Morgan fingerprint density at radius 1 is 1.18 bits per heavy atom. The number of benzene rings is 2. The molecule has 0 fully saturated rings. The van der Waals surface area contributed by atoms with E-state index in [9.17, 15) is 14.0 Å².